The third kappa shape index (κ3) is 2.81. The van der Waals surface area contributed by atoms with Gasteiger partial charge in [0.15, 0.2) is 5.75 Å². The van der Waals surface area contributed by atoms with Gasteiger partial charge >= 0.3 is 7.94 Å². The summed E-state index contributed by atoms with van der Waals surface area (Å²) in [6, 6.07) is 15.7. The molecular formula is C20H26N3O2P. The Hall–Kier alpha value is -1.91. The normalized spacial score (nSPS) is 12.7. The molecule has 0 amide bonds. The van der Waals surface area contributed by atoms with Crippen LogP contribution in [0.2, 0.25) is 0 Å². The van der Waals surface area contributed by atoms with Crippen molar-refractivity contribution in [1.29, 1.82) is 0 Å². The van der Waals surface area contributed by atoms with Gasteiger partial charge in [0.1, 0.15) is 0 Å². The molecule has 0 spiro atoms. The molecule has 0 saturated carbocycles. The Morgan fingerprint density at radius 2 is 1.04 bits per heavy atom. The second-order valence-electron chi connectivity index (χ2n) is 6.90. The Kier molecular flexibility index (Phi) is 5.09. The summed E-state index contributed by atoms with van der Waals surface area (Å²) in [5, 5.41) is 16.9. The standard InChI is InChI=1S/C20H26N3O2P/c1-21(2)26(22(3)4,23(5)6)25-20-18-14-10-8-12-16(18)15-11-7-9-13-17(15)19(20)24/h7-14H,1-6H3. The summed E-state index contributed by atoms with van der Waals surface area (Å²) in [5.74, 6) is 0.359. The average Bonchev–Trinajstić information content (AvgIpc) is 2.61. The molecule has 0 bridgehead atoms. The van der Waals surface area contributed by atoms with E-state index in [9.17, 15) is 5.11 Å². The Balaban J connectivity index is 2.34. The Bertz CT molecular complexity index is 919. The minimum absolute atomic E-state index is 0.0609. The predicted molar refractivity (Wildman–Crippen MR) is 110 cm³/mol. The van der Waals surface area contributed by atoms with Gasteiger partial charge in [0.25, 0.3) is 0 Å². The molecular weight excluding hydrogens is 345 g/mol. The zero-order valence-electron chi connectivity index (χ0n) is 16.2. The van der Waals surface area contributed by atoms with Gasteiger partial charge in [-0.3, -0.25) is 4.52 Å². The molecule has 26 heavy (non-hydrogen) atoms. The molecule has 6 heteroatoms. The van der Waals surface area contributed by atoms with Crippen LogP contribution in [0.25, 0.3) is 21.5 Å². The highest BCUT2D eigenvalue weighted by atomic mass is 31.2. The maximum absolute atomic E-state index is 13.3. The molecule has 0 aliphatic carbocycles. The lowest BCUT2D eigenvalue weighted by atomic mass is 10.0. The second-order valence-corrected chi connectivity index (χ2v) is 10.5. The first-order valence-corrected chi connectivity index (χ1v) is 10.1. The fraction of sp³-hybridized carbons (Fsp3) is 0.300. The SMILES string of the molecule is CN(C)[P+](Oc1c([O-])c2ccccc2c2ccccc12)(N(C)C)N(C)C. The van der Waals surface area contributed by atoms with E-state index in [-0.39, 0.29) is 5.75 Å². The molecule has 5 nitrogen and oxygen atoms in total. The van der Waals surface area contributed by atoms with Crippen LogP contribution in [0.3, 0.4) is 0 Å². The lowest BCUT2D eigenvalue weighted by molar-refractivity contribution is -0.266. The van der Waals surface area contributed by atoms with Crippen molar-refractivity contribution in [1.82, 2.24) is 14.0 Å². The van der Waals surface area contributed by atoms with Gasteiger partial charge in [0, 0.05) is 47.7 Å². The molecule has 0 aliphatic rings. The van der Waals surface area contributed by atoms with Crippen molar-refractivity contribution in [2.24, 2.45) is 0 Å². The lowest BCUT2D eigenvalue weighted by Gasteiger charge is -2.38. The molecule has 0 radical (unpaired) electrons. The average molecular weight is 371 g/mol. The first kappa shape index (κ1) is 18.9. The second kappa shape index (κ2) is 7.01. The third-order valence-electron chi connectivity index (χ3n) is 4.62. The molecule has 0 unspecified atom stereocenters. The van der Waals surface area contributed by atoms with Crippen LogP contribution >= 0.6 is 7.94 Å². The fourth-order valence-corrected chi connectivity index (χ4v) is 6.67. The number of fused-ring (bicyclic) bond motifs is 3. The van der Waals surface area contributed by atoms with Crippen LogP contribution in [0.5, 0.6) is 11.5 Å². The fourth-order valence-electron chi connectivity index (χ4n) is 3.61. The van der Waals surface area contributed by atoms with Crippen molar-refractivity contribution >= 4 is 29.5 Å². The third-order valence-corrected chi connectivity index (χ3v) is 8.17. The van der Waals surface area contributed by atoms with Crippen molar-refractivity contribution < 1.29 is 9.63 Å². The number of rotatable bonds is 5. The minimum Gasteiger partial charge on any atom is -0.869 e. The molecule has 0 aliphatic heterocycles. The summed E-state index contributed by atoms with van der Waals surface area (Å²) in [6.07, 6.45) is 0. The highest BCUT2D eigenvalue weighted by Gasteiger charge is 2.52. The van der Waals surface area contributed by atoms with Crippen molar-refractivity contribution in [3.8, 4) is 11.5 Å². The van der Waals surface area contributed by atoms with Crippen LogP contribution in [-0.4, -0.2) is 56.3 Å². The van der Waals surface area contributed by atoms with Crippen molar-refractivity contribution in [2.45, 2.75) is 0 Å². The first-order valence-electron chi connectivity index (χ1n) is 8.53. The Morgan fingerprint density at radius 3 is 1.50 bits per heavy atom. The van der Waals surface area contributed by atoms with Gasteiger partial charge in [-0.15, -0.1) is 14.0 Å². The Morgan fingerprint density at radius 1 is 0.654 bits per heavy atom. The molecule has 0 heterocycles. The molecule has 3 rings (SSSR count). The highest BCUT2D eigenvalue weighted by Crippen LogP contribution is 2.65. The number of benzene rings is 3. The summed E-state index contributed by atoms with van der Waals surface area (Å²) >= 11 is 0. The van der Waals surface area contributed by atoms with Crippen LogP contribution in [-0.2, 0) is 0 Å². The van der Waals surface area contributed by atoms with E-state index in [2.05, 4.69) is 14.0 Å². The van der Waals surface area contributed by atoms with Crippen LogP contribution < -0.4 is 9.63 Å². The van der Waals surface area contributed by atoms with E-state index in [0.717, 1.165) is 16.2 Å². The largest absolute Gasteiger partial charge is 0.869 e. The summed E-state index contributed by atoms with van der Waals surface area (Å²) in [6.45, 7) is 0. The maximum Gasteiger partial charge on any atom is 0.416 e. The molecule has 0 atom stereocenters. The molecule has 0 N–H and O–H groups in total. The van der Waals surface area contributed by atoms with Crippen LogP contribution in [0.1, 0.15) is 0 Å². The molecule has 3 aromatic rings. The van der Waals surface area contributed by atoms with Crippen molar-refractivity contribution in [3.63, 3.8) is 0 Å². The number of hydrogen-bond acceptors (Lipinski definition) is 5. The van der Waals surface area contributed by atoms with Crippen LogP contribution in [0.4, 0.5) is 0 Å². The zero-order valence-corrected chi connectivity index (χ0v) is 17.1. The van der Waals surface area contributed by atoms with E-state index in [0.29, 0.717) is 11.1 Å². The van der Waals surface area contributed by atoms with Gasteiger partial charge in [-0.05, 0) is 16.2 Å². The minimum atomic E-state index is -2.34. The van der Waals surface area contributed by atoms with Gasteiger partial charge in [-0.1, -0.05) is 54.3 Å². The summed E-state index contributed by atoms with van der Waals surface area (Å²) in [4.78, 5) is 0. The monoisotopic (exact) mass is 371 g/mol. The van der Waals surface area contributed by atoms with Crippen molar-refractivity contribution in [2.75, 3.05) is 42.3 Å². The van der Waals surface area contributed by atoms with E-state index in [1.165, 1.54) is 0 Å². The number of hydrogen-bond donors (Lipinski definition) is 0. The quantitative estimate of drug-likeness (QED) is 0.504. The van der Waals surface area contributed by atoms with E-state index in [1.54, 1.807) is 0 Å². The van der Waals surface area contributed by atoms with E-state index in [4.69, 9.17) is 4.52 Å². The van der Waals surface area contributed by atoms with Crippen molar-refractivity contribution in [3.05, 3.63) is 48.5 Å². The smallest absolute Gasteiger partial charge is 0.416 e. The van der Waals surface area contributed by atoms with Gasteiger partial charge in [0.2, 0.25) is 0 Å². The summed E-state index contributed by atoms with van der Waals surface area (Å²) < 4.78 is 12.8. The van der Waals surface area contributed by atoms with E-state index < -0.39 is 7.94 Å². The van der Waals surface area contributed by atoms with Gasteiger partial charge in [0.05, 0.1) is 0 Å². The first-order chi connectivity index (χ1) is 12.3. The van der Waals surface area contributed by atoms with Gasteiger partial charge < -0.3 is 5.11 Å². The Labute approximate surface area is 156 Å². The molecule has 0 aromatic heterocycles. The topological polar surface area (TPSA) is 42.0 Å². The molecule has 138 valence electrons. The lowest BCUT2D eigenvalue weighted by Crippen LogP contribution is -2.39. The van der Waals surface area contributed by atoms with E-state index in [1.807, 2.05) is 90.8 Å². The molecule has 0 saturated heterocycles. The highest BCUT2D eigenvalue weighted by molar-refractivity contribution is 7.64. The molecule has 3 aromatic carbocycles. The summed E-state index contributed by atoms with van der Waals surface area (Å²) in [7, 11) is 9.58. The number of nitrogens with zero attached hydrogens (tertiary/aromatic N) is 3. The van der Waals surface area contributed by atoms with Gasteiger partial charge in [-0.2, -0.15) is 0 Å². The van der Waals surface area contributed by atoms with Crippen LogP contribution in [0, 0.1) is 0 Å². The zero-order chi connectivity index (χ0) is 19.1. The van der Waals surface area contributed by atoms with E-state index >= 15 is 0 Å². The summed E-state index contributed by atoms with van der Waals surface area (Å²) in [5.41, 5.74) is 0. The van der Waals surface area contributed by atoms with Crippen LogP contribution in [0.15, 0.2) is 48.5 Å². The maximum atomic E-state index is 13.3. The molecule has 0 fully saturated rings. The van der Waals surface area contributed by atoms with Gasteiger partial charge in [-0.25, -0.2) is 0 Å². The predicted octanol–water partition coefficient (Wildman–Crippen LogP) is 3.81.